The maximum atomic E-state index is 13.2. The van der Waals surface area contributed by atoms with Crippen LogP contribution in [0, 0.1) is 19.7 Å². The number of benzene rings is 1. The minimum Gasteiger partial charge on any atom is -0.361 e. The van der Waals surface area contributed by atoms with E-state index < -0.39 is 0 Å². The summed E-state index contributed by atoms with van der Waals surface area (Å²) in [5, 5.41) is 6.72. The topological polar surface area (TPSA) is 58.4 Å². The van der Waals surface area contributed by atoms with Gasteiger partial charge in [0.15, 0.2) is 0 Å². The van der Waals surface area contributed by atoms with Crippen molar-refractivity contribution in [3.63, 3.8) is 0 Å². The minimum absolute atomic E-state index is 0.239. The van der Waals surface area contributed by atoms with E-state index in [0.717, 1.165) is 16.8 Å². The molecule has 0 unspecified atom stereocenters. The van der Waals surface area contributed by atoms with Crippen molar-refractivity contribution in [3.8, 4) is 0 Å². The first-order valence-corrected chi connectivity index (χ1v) is 7.07. The largest absolute Gasteiger partial charge is 0.361 e. The molecule has 2 aromatic rings. The van der Waals surface area contributed by atoms with Gasteiger partial charge in [-0.15, -0.1) is 0 Å². The molecule has 0 fully saturated rings. The van der Waals surface area contributed by atoms with Crippen LogP contribution in [0.4, 0.5) is 9.18 Å². The highest BCUT2D eigenvalue weighted by Gasteiger charge is 2.17. The van der Waals surface area contributed by atoms with Crippen LogP contribution in [0.5, 0.6) is 0 Å². The van der Waals surface area contributed by atoms with E-state index in [9.17, 15) is 9.18 Å². The van der Waals surface area contributed by atoms with Crippen LogP contribution in [-0.4, -0.2) is 23.1 Å². The quantitative estimate of drug-likeness (QED) is 0.942. The van der Waals surface area contributed by atoms with Crippen LogP contribution in [0.2, 0.25) is 0 Å². The molecule has 1 aromatic carbocycles. The number of aryl methyl sites for hydroxylation is 2. The van der Waals surface area contributed by atoms with Crippen LogP contribution in [0.3, 0.4) is 0 Å². The third-order valence-corrected chi connectivity index (χ3v) is 3.61. The molecule has 22 heavy (non-hydrogen) atoms. The molecule has 0 spiro atoms. The minimum atomic E-state index is -0.317. The lowest BCUT2D eigenvalue weighted by molar-refractivity contribution is 0.203. The van der Waals surface area contributed by atoms with Gasteiger partial charge in [0.05, 0.1) is 18.3 Å². The first kappa shape index (κ1) is 16.0. The van der Waals surface area contributed by atoms with Gasteiger partial charge in [-0.05, 0) is 38.5 Å². The Hall–Kier alpha value is -2.37. The molecular weight excluding hydrogens is 285 g/mol. The summed E-state index contributed by atoms with van der Waals surface area (Å²) in [5.74, 6) is 0.387. The number of hydrogen-bond donors (Lipinski definition) is 1. The fourth-order valence-electron chi connectivity index (χ4n) is 2.19. The summed E-state index contributed by atoms with van der Waals surface area (Å²) in [5.41, 5.74) is 2.39. The number of nitrogens with zero attached hydrogens (tertiary/aromatic N) is 2. The van der Waals surface area contributed by atoms with Gasteiger partial charge in [0.1, 0.15) is 11.6 Å². The van der Waals surface area contributed by atoms with Crippen molar-refractivity contribution in [1.29, 1.82) is 0 Å². The third-order valence-electron chi connectivity index (χ3n) is 3.61. The number of hydrogen-bond acceptors (Lipinski definition) is 3. The molecule has 1 heterocycles. The average Bonchev–Trinajstić information content (AvgIpc) is 2.79. The SMILES string of the molecule is Cc1noc(C)c1CN(C)C(=O)N[C@H](C)c1cccc(F)c1. The Kier molecular flexibility index (Phi) is 4.80. The van der Waals surface area contributed by atoms with Gasteiger partial charge in [-0.25, -0.2) is 9.18 Å². The zero-order valence-corrected chi connectivity index (χ0v) is 13.2. The fraction of sp³-hybridized carbons (Fsp3) is 0.375. The van der Waals surface area contributed by atoms with E-state index in [2.05, 4.69) is 10.5 Å². The molecule has 2 amide bonds. The lowest BCUT2D eigenvalue weighted by Gasteiger charge is -2.21. The Labute approximate surface area is 129 Å². The second kappa shape index (κ2) is 6.60. The van der Waals surface area contributed by atoms with Gasteiger partial charge in [-0.2, -0.15) is 0 Å². The lowest BCUT2D eigenvalue weighted by atomic mass is 10.1. The molecule has 0 aliphatic rings. The van der Waals surface area contributed by atoms with Crippen molar-refractivity contribution in [2.45, 2.75) is 33.4 Å². The number of aromatic nitrogens is 1. The summed E-state index contributed by atoms with van der Waals surface area (Å²) in [6.45, 7) is 5.88. The Morgan fingerprint density at radius 1 is 1.45 bits per heavy atom. The molecule has 2 rings (SSSR count). The van der Waals surface area contributed by atoms with Crippen molar-refractivity contribution < 1.29 is 13.7 Å². The van der Waals surface area contributed by atoms with Crippen molar-refractivity contribution in [2.75, 3.05) is 7.05 Å². The zero-order valence-electron chi connectivity index (χ0n) is 13.2. The monoisotopic (exact) mass is 305 g/mol. The summed E-state index contributed by atoms with van der Waals surface area (Å²) in [4.78, 5) is 13.8. The molecule has 1 atom stereocenters. The normalized spacial score (nSPS) is 12.0. The molecule has 0 aliphatic carbocycles. The third kappa shape index (κ3) is 3.63. The molecule has 0 bridgehead atoms. The van der Waals surface area contributed by atoms with E-state index in [1.54, 1.807) is 24.1 Å². The van der Waals surface area contributed by atoms with Crippen molar-refractivity contribution in [2.24, 2.45) is 0 Å². The highest BCUT2D eigenvalue weighted by Crippen LogP contribution is 2.16. The predicted molar refractivity (Wildman–Crippen MR) is 80.8 cm³/mol. The van der Waals surface area contributed by atoms with E-state index in [4.69, 9.17) is 4.52 Å². The van der Waals surface area contributed by atoms with Crippen molar-refractivity contribution >= 4 is 6.03 Å². The van der Waals surface area contributed by atoms with Gasteiger partial charge < -0.3 is 14.7 Å². The summed E-state index contributed by atoms with van der Waals surface area (Å²) >= 11 is 0. The molecule has 0 radical (unpaired) electrons. The summed E-state index contributed by atoms with van der Waals surface area (Å²) in [6, 6.07) is 5.68. The first-order chi connectivity index (χ1) is 10.4. The molecule has 5 nitrogen and oxygen atoms in total. The number of carbonyl (C=O) groups excluding carboxylic acids is 1. The molecular formula is C16H20FN3O2. The molecule has 0 aliphatic heterocycles. The summed E-state index contributed by atoms with van der Waals surface area (Å²) in [7, 11) is 1.69. The predicted octanol–water partition coefficient (Wildman–Crippen LogP) is 3.33. The molecule has 118 valence electrons. The van der Waals surface area contributed by atoms with Crippen LogP contribution in [-0.2, 0) is 6.54 Å². The van der Waals surface area contributed by atoms with Gasteiger partial charge in [0.25, 0.3) is 0 Å². The zero-order chi connectivity index (χ0) is 16.3. The van der Waals surface area contributed by atoms with Crippen LogP contribution < -0.4 is 5.32 Å². The molecule has 6 heteroatoms. The van der Waals surface area contributed by atoms with Crippen LogP contribution in [0.1, 0.15) is 35.5 Å². The summed E-state index contributed by atoms with van der Waals surface area (Å²) < 4.78 is 18.3. The van der Waals surface area contributed by atoms with Gasteiger partial charge >= 0.3 is 6.03 Å². The van der Waals surface area contributed by atoms with Gasteiger partial charge in [-0.3, -0.25) is 0 Å². The van der Waals surface area contributed by atoms with Gasteiger partial charge in [0, 0.05) is 12.6 Å². The molecule has 1 N–H and O–H groups in total. The number of rotatable bonds is 4. The summed E-state index contributed by atoms with van der Waals surface area (Å²) in [6.07, 6.45) is 0. The molecule has 0 saturated carbocycles. The van der Waals surface area contributed by atoms with E-state index in [1.165, 1.54) is 12.1 Å². The van der Waals surface area contributed by atoms with E-state index >= 15 is 0 Å². The Morgan fingerprint density at radius 3 is 2.77 bits per heavy atom. The first-order valence-electron chi connectivity index (χ1n) is 7.07. The second-order valence-corrected chi connectivity index (χ2v) is 5.38. The number of amides is 2. The standard InChI is InChI=1S/C16H20FN3O2/c1-10(13-6-5-7-14(17)8-13)18-16(21)20(4)9-15-11(2)19-22-12(15)3/h5-8,10H,9H2,1-4H3,(H,18,21)/t10-/m1/s1. The van der Waals surface area contributed by atoms with Gasteiger partial charge in [0.2, 0.25) is 0 Å². The highest BCUT2D eigenvalue weighted by atomic mass is 19.1. The Morgan fingerprint density at radius 2 is 2.18 bits per heavy atom. The Bertz CT molecular complexity index is 650. The average molecular weight is 305 g/mol. The fourth-order valence-corrected chi connectivity index (χ4v) is 2.19. The Balaban J connectivity index is 1.99. The number of urea groups is 1. The van der Waals surface area contributed by atoms with E-state index in [1.807, 2.05) is 20.8 Å². The van der Waals surface area contributed by atoms with Crippen molar-refractivity contribution in [3.05, 3.63) is 52.7 Å². The van der Waals surface area contributed by atoms with Gasteiger partial charge in [-0.1, -0.05) is 17.3 Å². The van der Waals surface area contributed by atoms with Crippen LogP contribution in [0.15, 0.2) is 28.8 Å². The molecule has 0 saturated heterocycles. The molecule has 1 aromatic heterocycles. The highest BCUT2D eigenvalue weighted by molar-refractivity contribution is 5.74. The number of nitrogens with one attached hydrogen (secondary N) is 1. The maximum Gasteiger partial charge on any atom is 0.317 e. The van der Waals surface area contributed by atoms with E-state index in [-0.39, 0.29) is 17.9 Å². The smallest absolute Gasteiger partial charge is 0.317 e. The van der Waals surface area contributed by atoms with Crippen molar-refractivity contribution in [1.82, 2.24) is 15.4 Å². The van der Waals surface area contributed by atoms with Crippen LogP contribution >= 0.6 is 0 Å². The number of halogens is 1. The van der Waals surface area contributed by atoms with Crippen LogP contribution in [0.25, 0.3) is 0 Å². The second-order valence-electron chi connectivity index (χ2n) is 5.38. The maximum absolute atomic E-state index is 13.2. The van der Waals surface area contributed by atoms with E-state index in [0.29, 0.717) is 12.3 Å². The lowest BCUT2D eigenvalue weighted by Crippen LogP contribution is -2.38. The number of carbonyl (C=O) groups is 1.